The fourth-order valence-corrected chi connectivity index (χ4v) is 3.67. The molecule has 1 fully saturated rings. The Balaban J connectivity index is 1.36. The van der Waals surface area contributed by atoms with Gasteiger partial charge in [-0.25, -0.2) is 0 Å². The highest BCUT2D eigenvalue weighted by Gasteiger charge is 2.22. The van der Waals surface area contributed by atoms with Crippen molar-refractivity contribution in [1.29, 1.82) is 0 Å². The molecule has 0 spiro atoms. The predicted octanol–water partition coefficient (Wildman–Crippen LogP) is 2.15. The first-order valence-corrected chi connectivity index (χ1v) is 10.0. The molecule has 1 saturated heterocycles. The quantitative estimate of drug-likeness (QED) is 0.576. The molecule has 0 aliphatic carbocycles. The predicted molar refractivity (Wildman–Crippen MR) is 112 cm³/mol. The zero-order chi connectivity index (χ0) is 19.9. The van der Waals surface area contributed by atoms with Crippen LogP contribution in [0.4, 0.5) is 0 Å². The van der Waals surface area contributed by atoms with Crippen molar-refractivity contribution in [1.82, 2.24) is 15.5 Å². The van der Waals surface area contributed by atoms with Crippen molar-refractivity contribution < 1.29 is 14.2 Å². The maximum Gasteiger partial charge on any atom is 0.231 e. The van der Waals surface area contributed by atoms with Crippen LogP contribution in [0.3, 0.4) is 0 Å². The van der Waals surface area contributed by atoms with Gasteiger partial charge in [0.2, 0.25) is 6.79 Å². The van der Waals surface area contributed by atoms with Crippen molar-refractivity contribution in [3.63, 3.8) is 0 Å². The smallest absolute Gasteiger partial charge is 0.231 e. The molecule has 2 aliphatic rings. The number of ether oxygens (including phenoxy) is 3. The van der Waals surface area contributed by atoms with Crippen molar-refractivity contribution in [2.24, 2.45) is 4.99 Å². The largest absolute Gasteiger partial charge is 0.454 e. The van der Waals surface area contributed by atoms with Gasteiger partial charge >= 0.3 is 0 Å². The van der Waals surface area contributed by atoms with Gasteiger partial charge in [0, 0.05) is 33.2 Å². The first kappa shape index (κ1) is 19.5. The third-order valence-corrected chi connectivity index (χ3v) is 5.25. The molecule has 0 amide bonds. The summed E-state index contributed by atoms with van der Waals surface area (Å²) in [5.74, 6) is 2.37. The van der Waals surface area contributed by atoms with Crippen molar-refractivity contribution in [3.05, 3.63) is 59.7 Å². The Kier molecular flexibility index (Phi) is 6.49. The van der Waals surface area contributed by atoms with Gasteiger partial charge in [0.15, 0.2) is 17.5 Å². The number of hydrogen-bond acceptors (Lipinski definition) is 5. The second-order valence-corrected chi connectivity index (χ2v) is 7.07. The minimum Gasteiger partial charge on any atom is -0.454 e. The second kappa shape index (κ2) is 9.62. The highest BCUT2D eigenvalue weighted by atomic mass is 16.7. The van der Waals surface area contributed by atoms with E-state index in [1.807, 2.05) is 18.2 Å². The lowest BCUT2D eigenvalue weighted by molar-refractivity contribution is 0.0170. The van der Waals surface area contributed by atoms with Crippen LogP contribution in [0.2, 0.25) is 0 Å². The third kappa shape index (κ3) is 4.99. The highest BCUT2D eigenvalue weighted by molar-refractivity contribution is 5.79. The number of nitrogens with zero attached hydrogens (tertiary/aromatic N) is 2. The summed E-state index contributed by atoms with van der Waals surface area (Å²) in [6.45, 7) is 5.14. The van der Waals surface area contributed by atoms with Crippen molar-refractivity contribution in [3.8, 4) is 11.5 Å². The molecule has 0 saturated carbocycles. The molecule has 0 bridgehead atoms. The molecule has 7 nitrogen and oxygen atoms in total. The first-order chi connectivity index (χ1) is 14.3. The minimum absolute atomic E-state index is 0.268. The van der Waals surface area contributed by atoms with Gasteiger partial charge in [-0.3, -0.25) is 9.89 Å². The molecule has 2 heterocycles. The lowest BCUT2D eigenvalue weighted by Crippen LogP contribution is -2.46. The lowest BCUT2D eigenvalue weighted by Gasteiger charge is -2.35. The van der Waals surface area contributed by atoms with Gasteiger partial charge in [0.1, 0.15) is 0 Å². The van der Waals surface area contributed by atoms with Crippen LogP contribution >= 0.6 is 0 Å². The Morgan fingerprint density at radius 3 is 2.62 bits per heavy atom. The summed E-state index contributed by atoms with van der Waals surface area (Å²) in [6, 6.07) is 16.9. The van der Waals surface area contributed by atoms with Crippen molar-refractivity contribution in [2.75, 3.05) is 46.7 Å². The number of benzene rings is 2. The van der Waals surface area contributed by atoms with E-state index in [1.54, 1.807) is 7.05 Å². The Morgan fingerprint density at radius 1 is 1.03 bits per heavy atom. The molecule has 0 aromatic heterocycles. The number of rotatable bonds is 6. The molecule has 2 aromatic carbocycles. The number of fused-ring (bicyclic) bond motifs is 1. The molecule has 1 unspecified atom stereocenters. The maximum atomic E-state index is 5.53. The number of morpholine rings is 1. The maximum absolute atomic E-state index is 5.53. The van der Waals surface area contributed by atoms with Crippen LogP contribution < -0.4 is 20.1 Å². The monoisotopic (exact) mass is 396 g/mol. The van der Waals surface area contributed by atoms with Gasteiger partial charge in [-0.15, -0.1) is 0 Å². The van der Waals surface area contributed by atoms with Gasteiger partial charge in [0.05, 0.1) is 19.3 Å². The number of aliphatic imine (C=N–C) groups is 1. The van der Waals surface area contributed by atoms with Crippen molar-refractivity contribution in [2.45, 2.75) is 12.6 Å². The average Bonchev–Trinajstić information content (AvgIpc) is 3.25. The molecular weight excluding hydrogens is 368 g/mol. The molecule has 29 heavy (non-hydrogen) atoms. The molecule has 4 rings (SSSR count). The van der Waals surface area contributed by atoms with Gasteiger partial charge in [0.25, 0.3) is 0 Å². The summed E-state index contributed by atoms with van der Waals surface area (Å²) in [7, 11) is 1.79. The molecule has 2 aromatic rings. The van der Waals surface area contributed by atoms with E-state index in [4.69, 9.17) is 14.2 Å². The van der Waals surface area contributed by atoms with Gasteiger partial charge in [-0.05, 0) is 23.3 Å². The normalized spacial score (nSPS) is 17.8. The topological polar surface area (TPSA) is 67.4 Å². The van der Waals surface area contributed by atoms with Gasteiger partial charge < -0.3 is 24.8 Å². The Hall–Kier alpha value is -2.77. The summed E-state index contributed by atoms with van der Waals surface area (Å²) < 4.78 is 16.4. The van der Waals surface area contributed by atoms with Crippen LogP contribution in [-0.2, 0) is 11.3 Å². The van der Waals surface area contributed by atoms with Crippen molar-refractivity contribution >= 4 is 5.96 Å². The average molecular weight is 396 g/mol. The van der Waals surface area contributed by atoms with E-state index in [0.29, 0.717) is 6.54 Å². The molecule has 2 N–H and O–H groups in total. The van der Waals surface area contributed by atoms with E-state index >= 15 is 0 Å². The molecule has 2 aliphatic heterocycles. The highest BCUT2D eigenvalue weighted by Crippen LogP contribution is 2.32. The summed E-state index contributed by atoms with van der Waals surface area (Å²) in [5, 5.41) is 6.87. The molecule has 154 valence electrons. The molecule has 7 heteroatoms. The van der Waals surface area contributed by atoms with Gasteiger partial charge in [-0.2, -0.15) is 0 Å². The fourth-order valence-electron chi connectivity index (χ4n) is 3.67. The van der Waals surface area contributed by atoms with Crippen LogP contribution in [0.15, 0.2) is 53.5 Å². The Bertz CT molecular complexity index is 822. The summed E-state index contributed by atoms with van der Waals surface area (Å²) in [6.07, 6.45) is 0. The number of guanidine groups is 1. The van der Waals surface area contributed by atoms with E-state index in [-0.39, 0.29) is 12.8 Å². The van der Waals surface area contributed by atoms with Crippen LogP contribution in [0.1, 0.15) is 17.2 Å². The van der Waals surface area contributed by atoms with Gasteiger partial charge in [-0.1, -0.05) is 36.4 Å². The molecular formula is C22H28N4O3. The van der Waals surface area contributed by atoms with Crippen LogP contribution in [0.25, 0.3) is 0 Å². The molecule has 1 atom stereocenters. The summed E-state index contributed by atoms with van der Waals surface area (Å²) >= 11 is 0. The van der Waals surface area contributed by atoms with E-state index in [1.165, 1.54) is 5.56 Å². The molecule has 0 radical (unpaired) electrons. The zero-order valence-corrected chi connectivity index (χ0v) is 16.8. The Labute approximate surface area is 171 Å². The van der Waals surface area contributed by atoms with Crippen LogP contribution in [0.5, 0.6) is 11.5 Å². The third-order valence-electron chi connectivity index (χ3n) is 5.25. The number of hydrogen-bond donors (Lipinski definition) is 2. The van der Waals surface area contributed by atoms with E-state index in [2.05, 4.69) is 50.9 Å². The fraction of sp³-hybridized carbons (Fsp3) is 0.409. The Morgan fingerprint density at radius 2 is 1.83 bits per heavy atom. The second-order valence-electron chi connectivity index (χ2n) is 7.07. The van der Waals surface area contributed by atoms with E-state index < -0.39 is 0 Å². The van der Waals surface area contributed by atoms with Crippen LogP contribution in [0, 0.1) is 0 Å². The van der Waals surface area contributed by atoms with E-state index in [0.717, 1.165) is 55.9 Å². The lowest BCUT2D eigenvalue weighted by atomic mass is 10.0. The standard InChI is InChI=1S/C22H28N4O3/c1-23-22(24-14-17-7-8-20-21(13-17)29-16-28-20)25-15-19(18-5-3-2-4-6-18)26-9-11-27-12-10-26/h2-8,13,19H,9-12,14-16H2,1H3,(H2,23,24,25). The first-order valence-electron chi connectivity index (χ1n) is 10.0. The number of nitrogens with one attached hydrogen (secondary N) is 2. The zero-order valence-electron chi connectivity index (χ0n) is 16.8. The summed E-state index contributed by atoms with van der Waals surface area (Å²) in [5.41, 5.74) is 2.41. The summed E-state index contributed by atoms with van der Waals surface area (Å²) in [4.78, 5) is 6.85. The minimum atomic E-state index is 0.268. The van der Waals surface area contributed by atoms with E-state index in [9.17, 15) is 0 Å². The SMILES string of the molecule is CN=C(NCc1ccc2c(c1)OCO2)NCC(c1ccccc1)N1CCOCC1. The van der Waals surface area contributed by atoms with Crippen LogP contribution in [-0.4, -0.2) is 57.5 Å².